The van der Waals surface area contributed by atoms with E-state index in [1.807, 2.05) is 60.7 Å². The van der Waals surface area contributed by atoms with Gasteiger partial charge in [-0.2, -0.15) is 0 Å². The SMILES string of the molecule is [N-]=[N+]=N[C@H](c1ccccc1)[C@@H](Br)c1ccccc1. The molecule has 0 bridgehead atoms. The van der Waals surface area contributed by atoms with Crippen LogP contribution in [0.25, 0.3) is 10.4 Å². The van der Waals surface area contributed by atoms with Crippen molar-refractivity contribution in [2.45, 2.75) is 10.9 Å². The first-order valence-corrected chi connectivity index (χ1v) is 6.52. The Labute approximate surface area is 114 Å². The number of azide groups is 1. The molecule has 2 aromatic rings. The zero-order valence-electron chi connectivity index (χ0n) is 9.65. The van der Waals surface area contributed by atoms with Crippen LogP contribution in [0.5, 0.6) is 0 Å². The van der Waals surface area contributed by atoms with E-state index in [0.717, 1.165) is 11.1 Å². The minimum atomic E-state index is -0.251. The van der Waals surface area contributed by atoms with Crippen molar-refractivity contribution in [3.05, 3.63) is 82.2 Å². The number of hydrogen-bond donors (Lipinski definition) is 0. The fraction of sp³-hybridized carbons (Fsp3) is 0.143. The van der Waals surface area contributed by atoms with Crippen LogP contribution in [0.15, 0.2) is 65.8 Å². The van der Waals surface area contributed by atoms with Gasteiger partial charge in [0.15, 0.2) is 0 Å². The van der Waals surface area contributed by atoms with Gasteiger partial charge in [-0.3, -0.25) is 0 Å². The predicted molar refractivity (Wildman–Crippen MR) is 76.4 cm³/mol. The summed E-state index contributed by atoms with van der Waals surface area (Å²) in [4.78, 5) is 2.92. The van der Waals surface area contributed by atoms with Gasteiger partial charge in [-0.1, -0.05) is 81.7 Å². The maximum Gasteiger partial charge on any atom is 0.0791 e. The number of benzene rings is 2. The molecule has 0 aromatic heterocycles. The first-order valence-electron chi connectivity index (χ1n) is 5.61. The molecule has 0 amide bonds. The largest absolute Gasteiger partial charge is 0.0844 e. The quantitative estimate of drug-likeness (QED) is 0.323. The van der Waals surface area contributed by atoms with Crippen molar-refractivity contribution in [1.29, 1.82) is 0 Å². The van der Waals surface area contributed by atoms with E-state index in [-0.39, 0.29) is 10.9 Å². The summed E-state index contributed by atoms with van der Waals surface area (Å²) in [7, 11) is 0. The van der Waals surface area contributed by atoms with Crippen LogP contribution in [0.2, 0.25) is 0 Å². The molecule has 3 nitrogen and oxygen atoms in total. The molecule has 0 N–H and O–H groups in total. The van der Waals surface area contributed by atoms with Crippen molar-refractivity contribution < 1.29 is 0 Å². The third-order valence-corrected chi connectivity index (χ3v) is 3.74. The summed E-state index contributed by atoms with van der Waals surface area (Å²) in [5.74, 6) is 0. The highest BCUT2D eigenvalue weighted by Gasteiger charge is 2.20. The fourth-order valence-corrected chi connectivity index (χ4v) is 2.54. The van der Waals surface area contributed by atoms with Gasteiger partial charge in [0.05, 0.1) is 10.9 Å². The van der Waals surface area contributed by atoms with E-state index in [1.165, 1.54) is 0 Å². The molecule has 0 aliphatic heterocycles. The molecule has 18 heavy (non-hydrogen) atoms. The Kier molecular flexibility index (Phi) is 4.40. The van der Waals surface area contributed by atoms with E-state index in [2.05, 4.69) is 26.0 Å². The van der Waals surface area contributed by atoms with Gasteiger partial charge in [-0.25, -0.2) is 0 Å². The zero-order valence-corrected chi connectivity index (χ0v) is 11.2. The number of alkyl halides is 1. The first-order chi connectivity index (χ1) is 8.83. The normalized spacial score (nSPS) is 13.4. The highest BCUT2D eigenvalue weighted by atomic mass is 79.9. The van der Waals surface area contributed by atoms with Crippen molar-refractivity contribution in [1.82, 2.24) is 0 Å². The summed E-state index contributed by atoms with van der Waals surface area (Å²) in [6.07, 6.45) is 0. The van der Waals surface area contributed by atoms with Crippen LogP contribution in [0.4, 0.5) is 0 Å². The minimum Gasteiger partial charge on any atom is -0.0844 e. The Morgan fingerprint density at radius 3 is 1.89 bits per heavy atom. The molecule has 0 fully saturated rings. The van der Waals surface area contributed by atoms with Crippen molar-refractivity contribution >= 4 is 15.9 Å². The minimum absolute atomic E-state index is 0.0306. The Bertz CT molecular complexity index is 535. The number of nitrogens with zero attached hydrogens (tertiary/aromatic N) is 3. The van der Waals surface area contributed by atoms with E-state index in [1.54, 1.807) is 0 Å². The van der Waals surface area contributed by atoms with Crippen molar-refractivity contribution in [2.24, 2.45) is 5.11 Å². The smallest absolute Gasteiger partial charge is 0.0791 e. The van der Waals surface area contributed by atoms with Gasteiger partial charge in [0.25, 0.3) is 0 Å². The van der Waals surface area contributed by atoms with Gasteiger partial charge in [0.2, 0.25) is 0 Å². The second kappa shape index (κ2) is 6.24. The molecule has 0 heterocycles. The number of hydrogen-bond acceptors (Lipinski definition) is 1. The molecule has 0 saturated carbocycles. The molecule has 0 spiro atoms. The van der Waals surface area contributed by atoms with Gasteiger partial charge >= 0.3 is 0 Å². The summed E-state index contributed by atoms with van der Waals surface area (Å²) in [6, 6.07) is 19.5. The molecular weight excluding hydrogens is 290 g/mol. The maximum absolute atomic E-state index is 8.73. The lowest BCUT2D eigenvalue weighted by Crippen LogP contribution is -2.02. The van der Waals surface area contributed by atoms with E-state index in [9.17, 15) is 0 Å². The standard InChI is InChI=1S/C14H12BrN3/c15-13(11-7-3-1-4-8-11)14(17-18-16)12-9-5-2-6-10-12/h1-10,13-14H/t13-,14+/m0/s1. The van der Waals surface area contributed by atoms with Crippen LogP contribution < -0.4 is 0 Å². The fourth-order valence-electron chi connectivity index (χ4n) is 1.82. The molecular formula is C14H12BrN3. The molecule has 0 aliphatic carbocycles. The molecule has 4 heteroatoms. The lowest BCUT2D eigenvalue weighted by atomic mass is 9.99. The summed E-state index contributed by atoms with van der Waals surface area (Å²) in [5.41, 5.74) is 10.8. The summed E-state index contributed by atoms with van der Waals surface area (Å²) < 4.78 is 0. The Balaban J connectivity index is 2.35. The van der Waals surface area contributed by atoms with Gasteiger partial charge in [0, 0.05) is 4.91 Å². The molecule has 0 radical (unpaired) electrons. The second-order valence-corrected chi connectivity index (χ2v) is 4.86. The molecule has 0 aliphatic rings. The van der Waals surface area contributed by atoms with Crippen LogP contribution in [-0.4, -0.2) is 0 Å². The molecule has 0 saturated heterocycles. The highest BCUT2D eigenvalue weighted by molar-refractivity contribution is 9.09. The highest BCUT2D eigenvalue weighted by Crippen LogP contribution is 2.38. The average molecular weight is 302 g/mol. The molecule has 2 rings (SSSR count). The summed E-state index contributed by atoms with van der Waals surface area (Å²) in [5, 5.41) is 3.90. The zero-order chi connectivity index (χ0) is 12.8. The third kappa shape index (κ3) is 2.92. The molecule has 2 atom stereocenters. The van der Waals surface area contributed by atoms with Gasteiger partial charge in [-0.05, 0) is 16.7 Å². The van der Waals surface area contributed by atoms with Crippen LogP contribution in [0.3, 0.4) is 0 Å². The molecule has 2 aromatic carbocycles. The lowest BCUT2D eigenvalue weighted by Gasteiger charge is -2.18. The van der Waals surface area contributed by atoms with E-state index < -0.39 is 0 Å². The monoisotopic (exact) mass is 301 g/mol. The van der Waals surface area contributed by atoms with Crippen LogP contribution in [-0.2, 0) is 0 Å². The van der Waals surface area contributed by atoms with Crippen molar-refractivity contribution in [3.63, 3.8) is 0 Å². The summed E-state index contributed by atoms with van der Waals surface area (Å²) >= 11 is 3.63. The number of halogens is 1. The predicted octanol–water partition coefficient (Wildman–Crippen LogP) is 5.17. The van der Waals surface area contributed by atoms with Gasteiger partial charge < -0.3 is 0 Å². The van der Waals surface area contributed by atoms with Gasteiger partial charge in [0.1, 0.15) is 0 Å². The average Bonchev–Trinajstić information content (AvgIpc) is 2.46. The van der Waals surface area contributed by atoms with Crippen molar-refractivity contribution in [3.8, 4) is 0 Å². The first kappa shape index (κ1) is 12.7. The second-order valence-electron chi connectivity index (χ2n) is 3.87. The number of rotatable bonds is 4. The maximum atomic E-state index is 8.73. The van der Waals surface area contributed by atoms with Crippen molar-refractivity contribution in [2.75, 3.05) is 0 Å². The lowest BCUT2D eigenvalue weighted by molar-refractivity contribution is 0.709. The molecule has 0 unspecified atom stereocenters. The third-order valence-electron chi connectivity index (χ3n) is 2.71. The van der Waals surface area contributed by atoms with E-state index in [4.69, 9.17) is 5.53 Å². The Morgan fingerprint density at radius 2 is 1.39 bits per heavy atom. The topological polar surface area (TPSA) is 48.8 Å². The summed E-state index contributed by atoms with van der Waals surface area (Å²) in [6.45, 7) is 0. The van der Waals surface area contributed by atoms with Crippen LogP contribution >= 0.6 is 15.9 Å². The van der Waals surface area contributed by atoms with Crippen LogP contribution in [0.1, 0.15) is 22.0 Å². The molecule has 90 valence electrons. The van der Waals surface area contributed by atoms with Gasteiger partial charge in [-0.15, -0.1) is 0 Å². The Hall–Kier alpha value is -1.77. The Morgan fingerprint density at radius 1 is 0.889 bits per heavy atom. The van der Waals surface area contributed by atoms with E-state index in [0.29, 0.717) is 0 Å². The van der Waals surface area contributed by atoms with Crippen LogP contribution in [0, 0.1) is 0 Å². The van der Waals surface area contributed by atoms with E-state index >= 15 is 0 Å².